The Hall–Kier alpha value is -0.880. The van der Waals surface area contributed by atoms with E-state index in [2.05, 4.69) is 38.5 Å². The van der Waals surface area contributed by atoms with Crippen LogP contribution in [0.5, 0.6) is 0 Å². The van der Waals surface area contributed by atoms with Crippen LogP contribution in [0.3, 0.4) is 0 Å². The first-order valence-electron chi connectivity index (χ1n) is 7.00. The minimum absolute atomic E-state index is 0.510. The van der Waals surface area contributed by atoms with E-state index in [-0.39, 0.29) is 0 Å². The van der Waals surface area contributed by atoms with Crippen LogP contribution in [-0.2, 0) is 0 Å². The van der Waals surface area contributed by atoms with Gasteiger partial charge in [0, 0.05) is 6.42 Å². The molecule has 0 aromatic rings. The molecule has 0 aliphatic carbocycles. The van der Waals surface area contributed by atoms with E-state index < -0.39 is 0 Å². The quantitative estimate of drug-likeness (QED) is 0.399. The Kier molecular flexibility index (Phi) is 9.75. The molecule has 0 aromatic carbocycles. The SMILES string of the molecule is C#CC#CCCCCCCCCCC(C)(C)C. The normalized spacial score (nSPS) is 10.5. The Morgan fingerprint density at radius 3 is 1.88 bits per heavy atom. The van der Waals surface area contributed by atoms with Crippen LogP contribution in [0.15, 0.2) is 0 Å². The summed E-state index contributed by atoms with van der Waals surface area (Å²) >= 11 is 0. The zero-order valence-electron chi connectivity index (χ0n) is 11.9. The second-order valence-electron chi connectivity index (χ2n) is 5.98. The van der Waals surface area contributed by atoms with E-state index in [1.807, 2.05) is 0 Å². The van der Waals surface area contributed by atoms with Gasteiger partial charge in [0.25, 0.3) is 0 Å². The molecule has 0 amide bonds. The van der Waals surface area contributed by atoms with Gasteiger partial charge in [-0.3, -0.25) is 0 Å². The summed E-state index contributed by atoms with van der Waals surface area (Å²) in [5.74, 6) is 7.98. The van der Waals surface area contributed by atoms with E-state index in [9.17, 15) is 0 Å². The van der Waals surface area contributed by atoms with Crippen molar-refractivity contribution < 1.29 is 0 Å². The molecule has 0 fully saturated rings. The first-order chi connectivity index (χ1) is 8.06. The Bertz CT molecular complexity index is 261. The number of hydrogen-bond acceptors (Lipinski definition) is 0. The standard InChI is InChI=1S/C17H28/c1-5-6-7-8-9-10-11-12-13-14-15-16-17(2,3)4/h1H,8-16H2,2-4H3. The van der Waals surface area contributed by atoms with Crippen LogP contribution in [0.1, 0.15) is 78.6 Å². The molecule has 0 spiro atoms. The van der Waals surface area contributed by atoms with Crippen LogP contribution in [0, 0.1) is 29.6 Å². The molecular weight excluding hydrogens is 204 g/mol. The maximum atomic E-state index is 5.04. The summed E-state index contributed by atoms with van der Waals surface area (Å²) in [5, 5.41) is 0. The third-order valence-corrected chi connectivity index (χ3v) is 2.89. The molecule has 0 aliphatic heterocycles. The zero-order chi connectivity index (χ0) is 13.0. The van der Waals surface area contributed by atoms with E-state index in [0.29, 0.717) is 5.41 Å². The van der Waals surface area contributed by atoms with Crippen molar-refractivity contribution in [2.45, 2.75) is 78.6 Å². The van der Waals surface area contributed by atoms with Crippen LogP contribution in [0.25, 0.3) is 0 Å². The fourth-order valence-electron chi connectivity index (χ4n) is 1.87. The summed E-state index contributed by atoms with van der Waals surface area (Å²) in [4.78, 5) is 0. The van der Waals surface area contributed by atoms with Crippen LogP contribution in [-0.4, -0.2) is 0 Å². The van der Waals surface area contributed by atoms with Crippen LogP contribution in [0.4, 0.5) is 0 Å². The van der Waals surface area contributed by atoms with Crippen molar-refractivity contribution >= 4 is 0 Å². The summed E-state index contributed by atoms with van der Waals surface area (Å²) in [5.41, 5.74) is 0.510. The van der Waals surface area contributed by atoms with Gasteiger partial charge in [0.15, 0.2) is 0 Å². The second-order valence-corrected chi connectivity index (χ2v) is 5.98. The molecule has 96 valence electrons. The molecule has 0 N–H and O–H groups in total. The van der Waals surface area contributed by atoms with Gasteiger partial charge in [0.1, 0.15) is 0 Å². The Labute approximate surface area is 109 Å². The Morgan fingerprint density at radius 2 is 1.35 bits per heavy atom. The highest BCUT2D eigenvalue weighted by Crippen LogP contribution is 2.22. The monoisotopic (exact) mass is 232 g/mol. The zero-order valence-corrected chi connectivity index (χ0v) is 11.9. The highest BCUT2D eigenvalue weighted by Gasteiger charge is 2.08. The van der Waals surface area contributed by atoms with Gasteiger partial charge >= 0.3 is 0 Å². The van der Waals surface area contributed by atoms with Gasteiger partial charge in [-0.1, -0.05) is 65.2 Å². The van der Waals surface area contributed by atoms with Crippen molar-refractivity contribution in [3.63, 3.8) is 0 Å². The summed E-state index contributed by atoms with van der Waals surface area (Å²) < 4.78 is 0. The second kappa shape index (κ2) is 10.3. The lowest BCUT2D eigenvalue weighted by molar-refractivity contribution is 0.356. The van der Waals surface area contributed by atoms with E-state index in [4.69, 9.17) is 6.42 Å². The van der Waals surface area contributed by atoms with Gasteiger partial charge in [-0.05, 0) is 30.1 Å². The van der Waals surface area contributed by atoms with Gasteiger partial charge in [0.05, 0.1) is 0 Å². The molecule has 17 heavy (non-hydrogen) atoms. The lowest BCUT2D eigenvalue weighted by atomic mass is 9.89. The maximum Gasteiger partial charge on any atom is 0.00989 e. The van der Waals surface area contributed by atoms with Gasteiger partial charge in [-0.15, -0.1) is 6.42 Å². The molecule has 0 bridgehead atoms. The van der Waals surface area contributed by atoms with Gasteiger partial charge < -0.3 is 0 Å². The minimum atomic E-state index is 0.510. The average Bonchev–Trinajstić information content (AvgIpc) is 2.24. The Balaban J connectivity index is 3.12. The molecule has 0 saturated carbocycles. The predicted molar refractivity (Wildman–Crippen MR) is 77.6 cm³/mol. The molecule has 0 heterocycles. The minimum Gasteiger partial charge on any atom is -0.106 e. The highest BCUT2D eigenvalue weighted by molar-refractivity contribution is 5.21. The molecule has 0 aromatic heterocycles. The first kappa shape index (κ1) is 16.1. The largest absolute Gasteiger partial charge is 0.106 e. The molecule has 0 aliphatic rings. The van der Waals surface area contributed by atoms with E-state index >= 15 is 0 Å². The molecule has 0 radical (unpaired) electrons. The van der Waals surface area contributed by atoms with Crippen molar-refractivity contribution in [1.29, 1.82) is 0 Å². The molecule has 0 unspecified atom stereocenters. The van der Waals surface area contributed by atoms with Crippen molar-refractivity contribution in [3.8, 4) is 24.2 Å². The molecule has 0 heteroatoms. The summed E-state index contributed by atoms with van der Waals surface area (Å²) in [6.45, 7) is 6.97. The lowest BCUT2D eigenvalue weighted by Gasteiger charge is -2.17. The number of terminal acetylenes is 1. The number of hydrogen-bond donors (Lipinski definition) is 0. The number of rotatable bonds is 8. The average molecular weight is 232 g/mol. The fourth-order valence-corrected chi connectivity index (χ4v) is 1.87. The summed E-state index contributed by atoms with van der Waals surface area (Å²) in [7, 11) is 0. The van der Waals surface area contributed by atoms with E-state index in [1.54, 1.807) is 0 Å². The third kappa shape index (κ3) is 15.1. The number of unbranched alkanes of at least 4 members (excludes halogenated alkanes) is 7. The smallest absolute Gasteiger partial charge is 0.00989 e. The van der Waals surface area contributed by atoms with Crippen LogP contribution in [0.2, 0.25) is 0 Å². The van der Waals surface area contributed by atoms with Crippen molar-refractivity contribution in [1.82, 2.24) is 0 Å². The maximum absolute atomic E-state index is 5.04. The molecular formula is C17H28. The first-order valence-corrected chi connectivity index (χ1v) is 7.00. The third-order valence-electron chi connectivity index (χ3n) is 2.89. The van der Waals surface area contributed by atoms with Crippen molar-refractivity contribution in [2.75, 3.05) is 0 Å². The van der Waals surface area contributed by atoms with E-state index in [1.165, 1.54) is 51.4 Å². The molecule has 0 nitrogen and oxygen atoms in total. The van der Waals surface area contributed by atoms with Gasteiger partial charge in [-0.2, -0.15) is 0 Å². The van der Waals surface area contributed by atoms with Crippen molar-refractivity contribution in [2.24, 2.45) is 5.41 Å². The molecule has 0 atom stereocenters. The van der Waals surface area contributed by atoms with E-state index in [0.717, 1.165) is 6.42 Å². The predicted octanol–water partition coefficient (Wildman–Crippen LogP) is 5.18. The fraction of sp³-hybridized carbons (Fsp3) is 0.765. The van der Waals surface area contributed by atoms with Crippen molar-refractivity contribution in [3.05, 3.63) is 0 Å². The Morgan fingerprint density at radius 1 is 0.824 bits per heavy atom. The topological polar surface area (TPSA) is 0 Å². The van der Waals surface area contributed by atoms with Crippen LogP contribution >= 0.6 is 0 Å². The van der Waals surface area contributed by atoms with Gasteiger partial charge in [0.2, 0.25) is 0 Å². The van der Waals surface area contributed by atoms with Crippen LogP contribution < -0.4 is 0 Å². The lowest BCUT2D eigenvalue weighted by Crippen LogP contribution is -2.03. The summed E-state index contributed by atoms with van der Waals surface area (Å²) in [6, 6.07) is 0. The molecule has 0 saturated heterocycles. The summed E-state index contributed by atoms with van der Waals surface area (Å²) in [6.07, 6.45) is 16.8. The highest BCUT2D eigenvalue weighted by atomic mass is 14.1. The van der Waals surface area contributed by atoms with Gasteiger partial charge in [-0.25, -0.2) is 0 Å². The molecule has 0 rings (SSSR count).